The first-order chi connectivity index (χ1) is 9.63. The average Bonchev–Trinajstić information content (AvgIpc) is 2.38. The average molecular weight is 313 g/mol. The number of halogens is 5. The molecule has 0 heterocycles. The SMILES string of the molecule is CCOc1cc(NC(=O)C(F)(F)C(F)(F)F)ccc1OC. The van der Waals surface area contributed by atoms with Crippen LogP contribution >= 0.6 is 0 Å². The van der Waals surface area contributed by atoms with Gasteiger partial charge >= 0.3 is 18.0 Å². The van der Waals surface area contributed by atoms with Crippen molar-refractivity contribution >= 4 is 11.6 Å². The molecule has 1 aromatic carbocycles. The van der Waals surface area contributed by atoms with Crippen molar-refractivity contribution < 1.29 is 36.2 Å². The summed E-state index contributed by atoms with van der Waals surface area (Å²) < 4.78 is 71.8. The van der Waals surface area contributed by atoms with Gasteiger partial charge in [0.2, 0.25) is 0 Å². The molecular weight excluding hydrogens is 301 g/mol. The first-order valence-corrected chi connectivity index (χ1v) is 5.70. The van der Waals surface area contributed by atoms with E-state index in [2.05, 4.69) is 0 Å². The molecule has 0 aliphatic heterocycles. The third-order valence-electron chi connectivity index (χ3n) is 2.36. The topological polar surface area (TPSA) is 47.6 Å². The second kappa shape index (κ2) is 6.15. The van der Waals surface area contributed by atoms with Crippen LogP contribution in [0.2, 0.25) is 0 Å². The molecule has 4 nitrogen and oxygen atoms in total. The summed E-state index contributed by atoms with van der Waals surface area (Å²) in [7, 11) is 1.33. The molecular formula is C12H12F5NO3. The van der Waals surface area contributed by atoms with Crippen LogP contribution in [0.1, 0.15) is 6.92 Å². The summed E-state index contributed by atoms with van der Waals surface area (Å²) in [6.45, 7) is 1.86. The maximum Gasteiger partial charge on any atom is 0.463 e. The number of carbonyl (C=O) groups excluding carboxylic acids is 1. The summed E-state index contributed by atoms with van der Waals surface area (Å²) in [4.78, 5) is 11.1. The van der Waals surface area contributed by atoms with E-state index in [0.29, 0.717) is 0 Å². The summed E-state index contributed by atoms with van der Waals surface area (Å²) in [6.07, 6.45) is -5.97. The van der Waals surface area contributed by atoms with Gasteiger partial charge in [-0.05, 0) is 19.1 Å². The number of hydrogen-bond donors (Lipinski definition) is 1. The van der Waals surface area contributed by atoms with Crippen molar-refractivity contribution in [3.63, 3.8) is 0 Å². The molecule has 1 aromatic rings. The first-order valence-electron chi connectivity index (χ1n) is 5.70. The Labute approximate surface area is 116 Å². The fourth-order valence-corrected chi connectivity index (χ4v) is 1.36. The Bertz CT molecular complexity index is 516. The van der Waals surface area contributed by atoms with E-state index in [1.54, 1.807) is 6.92 Å². The highest BCUT2D eigenvalue weighted by molar-refractivity contribution is 5.96. The molecule has 0 unspecified atom stereocenters. The molecule has 0 bridgehead atoms. The Balaban J connectivity index is 2.98. The highest BCUT2D eigenvalue weighted by Crippen LogP contribution is 2.37. The van der Waals surface area contributed by atoms with Gasteiger partial charge in [0.1, 0.15) is 0 Å². The molecule has 0 saturated heterocycles. The van der Waals surface area contributed by atoms with Gasteiger partial charge in [-0.2, -0.15) is 22.0 Å². The van der Waals surface area contributed by atoms with Gasteiger partial charge in [0, 0.05) is 11.8 Å². The van der Waals surface area contributed by atoms with Crippen LogP contribution in [0, 0.1) is 0 Å². The zero-order valence-corrected chi connectivity index (χ0v) is 11.1. The van der Waals surface area contributed by atoms with E-state index in [-0.39, 0.29) is 23.8 Å². The van der Waals surface area contributed by atoms with Gasteiger partial charge in [0.25, 0.3) is 0 Å². The normalized spacial score (nSPS) is 12.0. The van der Waals surface area contributed by atoms with Crippen LogP contribution in [0.4, 0.5) is 27.6 Å². The number of anilines is 1. The van der Waals surface area contributed by atoms with Crippen molar-refractivity contribution in [3.8, 4) is 11.5 Å². The number of hydrogen-bond acceptors (Lipinski definition) is 3. The lowest BCUT2D eigenvalue weighted by Crippen LogP contribution is -2.47. The highest BCUT2D eigenvalue weighted by atomic mass is 19.4. The molecule has 9 heteroatoms. The Hall–Kier alpha value is -2.06. The minimum absolute atomic E-state index is 0.105. The molecule has 1 N–H and O–H groups in total. The van der Waals surface area contributed by atoms with Crippen molar-refractivity contribution in [1.29, 1.82) is 0 Å². The molecule has 118 valence electrons. The number of benzene rings is 1. The van der Waals surface area contributed by atoms with Crippen molar-refractivity contribution in [1.82, 2.24) is 0 Å². The number of amides is 1. The summed E-state index contributed by atoms with van der Waals surface area (Å²) in [5.41, 5.74) is -0.270. The van der Waals surface area contributed by atoms with E-state index >= 15 is 0 Å². The van der Waals surface area contributed by atoms with E-state index in [1.807, 2.05) is 0 Å². The second-order valence-corrected chi connectivity index (χ2v) is 3.82. The highest BCUT2D eigenvalue weighted by Gasteiger charge is 2.63. The maximum atomic E-state index is 12.8. The summed E-state index contributed by atoms with van der Waals surface area (Å²) in [5, 5.41) is 1.49. The third-order valence-corrected chi connectivity index (χ3v) is 2.36. The van der Waals surface area contributed by atoms with Gasteiger partial charge in [-0.15, -0.1) is 0 Å². The van der Waals surface area contributed by atoms with Crippen LogP contribution in [-0.4, -0.2) is 31.7 Å². The molecule has 0 fully saturated rings. The van der Waals surface area contributed by atoms with Gasteiger partial charge in [0.15, 0.2) is 11.5 Å². The van der Waals surface area contributed by atoms with Gasteiger partial charge in [-0.25, -0.2) is 0 Å². The zero-order valence-electron chi connectivity index (χ0n) is 11.1. The molecule has 0 aliphatic carbocycles. The lowest BCUT2D eigenvalue weighted by Gasteiger charge is -2.19. The van der Waals surface area contributed by atoms with Crippen molar-refractivity contribution in [2.75, 3.05) is 19.0 Å². The predicted octanol–water partition coefficient (Wildman–Crippen LogP) is 3.23. The van der Waals surface area contributed by atoms with Crippen LogP contribution in [0.25, 0.3) is 0 Å². The Morgan fingerprint density at radius 2 is 1.81 bits per heavy atom. The minimum atomic E-state index is -5.97. The van der Waals surface area contributed by atoms with Crippen LogP contribution in [0.5, 0.6) is 11.5 Å². The predicted molar refractivity (Wildman–Crippen MR) is 63.8 cm³/mol. The number of ether oxygens (including phenoxy) is 2. The van der Waals surface area contributed by atoms with E-state index in [4.69, 9.17) is 9.47 Å². The Morgan fingerprint density at radius 1 is 1.19 bits per heavy atom. The van der Waals surface area contributed by atoms with Crippen molar-refractivity contribution in [3.05, 3.63) is 18.2 Å². The lowest BCUT2D eigenvalue weighted by atomic mass is 10.2. The molecule has 0 saturated carbocycles. The summed E-state index contributed by atoms with van der Waals surface area (Å²) in [6, 6.07) is 3.48. The molecule has 0 aliphatic rings. The van der Waals surface area contributed by atoms with Gasteiger partial charge in [-0.1, -0.05) is 0 Å². The Kier molecular flexibility index (Phi) is 4.97. The fraction of sp³-hybridized carbons (Fsp3) is 0.417. The summed E-state index contributed by atoms with van der Waals surface area (Å²) >= 11 is 0. The van der Waals surface area contributed by atoms with E-state index in [9.17, 15) is 26.7 Å². The lowest BCUT2D eigenvalue weighted by molar-refractivity contribution is -0.267. The van der Waals surface area contributed by atoms with E-state index in [0.717, 1.165) is 12.1 Å². The van der Waals surface area contributed by atoms with Crippen LogP contribution in [-0.2, 0) is 4.79 Å². The number of nitrogens with one attached hydrogen (secondary N) is 1. The van der Waals surface area contributed by atoms with Crippen LogP contribution < -0.4 is 14.8 Å². The smallest absolute Gasteiger partial charge is 0.463 e. The van der Waals surface area contributed by atoms with E-state index in [1.165, 1.54) is 18.5 Å². The molecule has 21 heavy (non-hydrogen) atoms. The zero-order chi connectivity index (χ0) is 16.3. The standard InChI is InChI=1S/C12H12F5NO3/c1-3-21-9-6-7(4-5-8(9)20-2)18-10(19)11(13,14)12(15,16)17/h4-6H,3H2,1-2H3,(H,18,19). The molecule has 0 radical (unpaired) electrons. The number of methoxy groups -OCH3 is 1. The van der Waals surface area contributed by atoms with Crippen molar-refractivity contribution in [2.24, 2.45) is 0 Å². The second-order valence-electron chi connectivity index (χ2n) is 3.82. The first kappa shape index (κ1) is 17.0. The molecule has 0 spiro atoms. The van der Waals surface area contributed by atoms with Crippen LogP contribution in [0.15, 0.2) is 18.2 Å². The number of carbonyl (C=O) groups is 1. The summed E-state index contributed by atoms with van der Waals surface area (Å²) in [5.74, 6) is -7.60. The number of rotatable bonds is 5. The minimum Gasteiger partial charge on any atom is -0.493 e. The van der Waals surface area contributed by atoms with Crippen molar-refractivity contribution in [2.45, 2.75) is 19.0 Å². The fourth-order valence-electron chi connectivity index (χ4n) is 1.36. The molecule has 0 atom stereocenters. The quantitative estimate of drug-likeness (QED) is 0.849. The monoisotopic (exact) mass is 313 g/mol. The van der Waals surface area contributed by atoms with Gasteiger partial charge in [-0.3, -0.25) is 4.79 Å². The van der Waals surface area contributed by atoms with Gasteiger partial charge < -0.3 is 14.8 Å². The molecule has 1 rings (SSSR count). The van der Waals surface area contributed by atoms with E-state index < -0.39 is 18.0 Å². The van der Waals surface area contributed by atoms with Gasteiger partial charge in [0.05, 0.1) is 13.7 Å². The van der Waals surface area contributed by atoms with Crippen LogP contribution in [0.3, 0.4) is 0 Å². The molecule has 1 amide bonds. The third kappa shape index (κ3) is 3.73. The molecule has 0 aromatic heterocycles. The Morgan fingerprint density at radius 3 is 2.29 bits per heavy atom. The largest absolute Gasteiger partial charge is 0.493 e. The maximum absolute atomic E-state index is 12.8. The number of alkyl halides is 5.